The first-order valence-corrected chi connectivity index (χ1v) is 9.06. The minimum atomic E-state index is -0.861. The summed E-state index contributed by atoms with van der Waals surface area (Å²) < 4.78 is 10.4. The first-order valence-electron chi connectivity index (χ1n) is 9.06. The molecule has 0 bridgehead atoms. The van der Waals surface area contributed by atoms with Gasteiger partial charge in [0, 0.05) is 32.3 Å². The van der Waals surface area contributed by atoms with Gasteiger partial charge in [-0.3, -0.25) is 4.79 Å². The second-order valence-electron chi connectivity index (χ2n) is 6.63. The monoisotopic (exact) mass is 374 g/mol. The van der Waals surface area contributed by atoms with Crippen molar-refractivity contribution in [3.8, 4) is 0 Å². The van der Waals surface area contributed by atoms with Gasteiger partial charge in [0.25, 0.3) is 0 Å². The Morgan fingerprint density at radius 3 is 2.67 bits per heavy atom. The molecule has 0 radical (unpaired) electrons. The Kier molecular flexibility index (Phi) is 8.23. The highest BCUT2D eigenvalue weighted by Gasteiger charge is 2.23. The van der Waals surface area contributed by atoms with Gasteiger partial charge in [-0.15, -0.1) is 0 Å². The predicted molar refractivity (Wildman–Crippen MR) is 101 cm³/mol. The number of rotatable bonds is 9. The molecule has 0 aromatic heterocycles. The maximum Gasteiger partial charge on any atom is 0.330 e. The second kappa shape index (κ2) is 10.6. The normalized spacial score (nSPS) is 20.1. The van der Waals surface area contributed by atoms with Crippen molar-refractivity contribution >= 4 is 18.0 Å². The molecule has 1 heterocycles. The highest BCUT2D eigenvalue weighted by molar-refractivity contribution is 5.82. The van der Waals surface area contributed by atoms with Crippen molar-refractivity contribution < 1.29 is 29.3 Å². The van der Waals surface area contributed by atoms with Gasteiger partial charge in [-0.2, -0.15) is 0 Å². The molecule has 0 amide bonds. The molecule has 4 atom stereocenters. The summed E-state index contributed by atoms with van der Waals surface area (Å²) in [6, 6.07) is 9.55. The highest BCUT2D eigenvalue weighted by Crippen LogP contribution is 2.18. The third-order valence-corrected chi connectivity index (χ3v) is 4.14. The Morgan fingerprint density at radius 2 is 2.00 bits per heavy atom. The van der Waals surface area contributed by atoms with Crippen LogP contribution in [0.1, 0.15) is 38.2 Å². The minimum Gasteiger partial charge on any atom is -0.459 e. The van der Waals surface area contributed by atoms with Crippen molar-refractivity contribution in [3.63, 3.8) is 0 Å². The van der Waals surface area contributed by atoms with Gasteiger partial charge in [0.1, 0.15) is 12.2 Å². The van der Waals surface area contributed by atoms with E-state index in [1.54, 1.807) is 12.2 Å². The zero-order valence-electron chi connectivity index (χ0n) is 15.4. The van der Waals surface area contributed by atoms with Crippen LogP contribution in [-0.4, -0.2) is 46.6 Å². The fraction of sp³-hybridized carbons (Fsp3) is 0.429. The van der Waals surface area contributed by atoms with Crippen LogP contribution < -0.4 is 0 Å². The molecule has 146 valence electrons. The molecule has 0 saturated carbocycles. The number of hydrogen-bond donors (Lipinski definition) is 2. The summed E-state index contributed by atoms with van der Waals surface area (Å²) >= 11 is 0. The number of hydrogen-bond acceptors (Lipinski definition) is 6. The van der Waals surface area contributed by atoms with Crippen molar-refractivity contribution in [3.05, 3.63) is 54.1 Å². The predicted octanol–water partition coefficient (Wildman–Crippen LogP) is 2.40. The lowest BCUT2D eigenvalue weighted by molar-refractivity contribution is -0.145. The molecule has 0 spiro atoms. The van der Waals surface area contributed by atoms with Gasteiger partial charge in [-0.25, -0.2) is 4.79 Å². The standard InChI is InChI=1S/C21H26O6/c1-15(22)26-20(11-10-16-6-3-2-4-7-16)14-18(24)12-17(23)13-19-8-5-9-21(25)27-19/h2-7,9-11,17-20,23-24H,8,12-14H2,1H3/b11-10+/t17-,18-,19-,20+/m1/s1. The third kappa shape index (κ3) is 8.19. The van der Waals surface area contributed by atoms with E-state index >= 15 is 0 Å². The number of carbonyl (C=O) groups is 2. The molecule has 1 aromatic rings. The molecular formula is C21H26O6. The van der Waals surface area contributed by atoms with Crippen molar-refractivity contribution in [1.82, 2.24) is 0 Å². The molecule has 1 aliphatic rings. The number of esters is 2. The molecular weight excluding hydrogens is 348 g/mol. The maximum atomic E-state index is 11.3. The number of aliphatic hydroxyl groups excluding tert-OH is 2. The maximum absolute atomic E-state index is 11.3. The molecule has 0 unspecified atom stereocenters. The van der Waals surface area contributed by atoms with Gasteiger partial charge in [0.05, 0.1) is 12.2 Å². The van der Waals surface area contributed by atoms with E-state index in [-0.39, 0.29) is 25.4 Å². The fourth-order valence-corrected chi connectivity index (χ4v) is 2.95. The Morgan fingerprint density at radius 1 is 1.26 bits per heavy atom. The van der Waals surface area contributed by atoms with Crippen LogP contribution in [-0.2, 0) is 19.1 Å². The lowest BCUT2D eigenvalue weighted by Crippen LogP contribution is -2.29. The van der Waals surface area contributed by atoms with E-state index in [1.165, 1.54) is 13.0 Å². The largest absolute Gasteiger partial charge is 0.459 e. The molecule has 1 aliphatic heterocycles. The summed E-state index contributed by atoms with van der Waals surface area (Å²) in [5.41, 5.74) is 0.955. The Balaban J connectivity index is 1.85. The van der Waals surface area contributed by atoms with E-state index in [0.29, 0.717) is 6.42 Å². The number of carbonyl (C=O) groups excluding carboxylic acids is 2. The smallest absolute Gasteiger partial charge is 0.330 e. The topological polar surface area (TPSA) is 93.1 Å². The van der Waals surface area contributed by atoms with Gasteiger partial charge < -0.3 is 19.7 Å². The minimum absolute atomic E-state index is 0.106. The lowest BCUT2D eigenvalue weighted by atomic mass is 9.99. The van der Waals surface area contributed by atoms with Crippen LogP contribution in [0, 0.1) is 0 Å². The van der Waals surface area contributed by atoms with Crippen LogP contribution >= 0.6 is 0 Å². The van der Waals surface area contributed by atoms with Crippen LogP contribution in [0.25, 0.3) is 6.08 Å². The SMILES string of the molecule is CC(=O)O[C@@H](/C=C/c1ccccc1)C[C@H](O)C[C@@H](O)C[C@H]1CC=CC(=O)O1. The second-order valence-corrected chi connectivity index (χ2v) is 6.63. The summed E-state index contributed by atoms with van der Waals surface area (Å²) in [4.78, 5) is 22.5. The van der Waals surface area contributed by atoms with Gasteiger partial charge in [0.15, 0.2) is 0 Å². The molecule has 6 heteroatoms. The molecule has 1 aromatic carbocycles. The summed E-state index contributed by atoms with van der Waals surface area (Å²) in [7, 11) is 0. The van der Waals surface area contributed by atoms with E-state index in [1.807, 2.05) is 36.4 Å². The third-order valence-electron chi connectivity index (χ3n) is 4.14. The van der Waals surface area contributed by atoms with Crippen molar-refractivity contribution in [1.29, 1.82) is 0 Å². The van der Waals surface area contributed by atoms with Crippen LogP contribution in [0.4, 0.5) is 0 Å². The van der Waals surface area contributed by atoms with Crippen LogP contribution in [0.2, 0.25) is 0 Å². The average molecular weight is 374 g/mol. The summed E-state index contributed by atoms with van der Waals surface area (Å²) in [5.74, 6) is -0.855. The van der Waals surface area contributed by atoms with E-state index in [2.05, 4.69) is 0 Å². The molecule has 27 heavy (non-hydrogen) atoms. The van der Waals surface area contributed by atoms with E-state index < -0.39 is 30.3 Å². The van der Waals surface area contributed by atoms with Gasteiger partial charge >= 0.3 is 11.9 Å². The molecule has 2 N–H and O–H groups in total. The van der Waals surface area contributed by atoms with E-state index in [9.17, 15) is 19.8 Å². The number of aliphatic hydroxyl groups is 2. The Bertz CT molecular complexity index is 667. The van der Waals surface area contributed by atoms with Gasteiger partial charge in [-0.1, -0.05) is 42.5 Å². The van der Waals surface area contributed by atoms with Crippen molar-refractivity contribution in [2.45, 2.75) is 57.0 Å². The summed E-state index contributed by atoms with van der Waals surface area (Å²) in [5, 5.41) is 20.4. The first kappa shape index (κ1) is 20.9. The van der Waals surface area contributed by atoms with E-state index in [0.717, 1.165) is 5.56 Å². The summed E-state index contributed by atoms with van der Waals surface area (Å²) in [6.45, 7) is 1.32. The first-order chi connectivity index (χ1) is 12.9. The van der Waals surface area contributed by atoms with Crippen molar-refractivity contribution in [2.24, 2.45) is 0 Å². The number of ether oxygens (including phenoxy) is 2. The van der Waals surface area contributed by atoms with Gasteiger partial charge in [-0.05, 0) is 18.1 Å². The Hall–Kier alpha value is -2.44. The zero-order valence-corrected chi connectivity index (χ0v) is 15.4. The molecule has 0 saturated heterocycles. The average Bonchev–Trinajstić information content (AvgIpc) is 2.60. The van der Waals surface area contributed by atoms with Crippen LogP contribution in [0.3, 0.4) is 0 Å². The number of cyclic esters (lactones) is 1. The van der Waals surface area contributed by atoms with Crippen molar-refractivity contribution in [2.75, 3.05) is 0 Å². The summed E-state index contributed by atoms with van der Waals surface area (Å²) in [6.07, 6.45) is 5.04. The Labute approximate surface area is 159 Å². The lowest BCUT2D eigenvalue weighted by Gasteiger charge is -2.24. The molecule has 2 rings (SSSR count). The van der Waals surface area contributed by atoms with Crippen LogP contribution in [0.5, 0.6) is 0 Å². The molecule has 0 fully saturated rings. The van der Waals surface area contributed by atoms with Crippen LogP contribution in [0.15, 0.2) is 48.6 Å². The molecule has 0 aliphatic carbocycles. The quantitative estimate of drug-likeness (QED) is 0.645. The zero-order chi connectivity index (χ0) is 19.6. The molecule has 6 nitrogen and oxygen atoms in total. The van der Waals surface area contributed by atoms with Gasteiger partial charge in [0.2, 0.25) is 0 Å². The number of benzene rings is 1. The van der Waals surface area contributed by atoms with E-state index in [4.69, 9.17) is 9.47 Å². The fourth-order valence-electron chi connectivity index (χ4n) is 2.95. The highest BCUT2D eigenvalue weighted by atomic mass is 16.5.